The van der Waals surface area contributed by atoms with Crippen LogP contribution in [0.25, 0.3) is 11.3 Å². The summed E-state index contributed by atoms with van der Waals surface area (Å²) in [5, 5.41) is 7.14. The van der Waals surface area contributed by atoms with Crippen molar-refractivity contribution >= 4 is 22.7 Å². The van der Waals surface area contributed by atoms with Crippen molar-refractivity contribution in [1.82, 2.24) is 4.98 Å². The lowest BCUT2D eigenvalue weighted by Crippen LogP contribution is -2.07. The molecule has 134 valence electrons. The quantitative estimate of drug-likeness (QED) is 0.419. The number of hydrogen-bond acceptors (Lipinski definition) is 5. The van der Waals surface area contributed by atoms with Gasteiger partial charge in [0.25, 0.3) is 0 Å². The number of ether oxygens (including phenoxy) is 1. The Labute approximate surface area is 158 Å². The van der Waals surface area contributed by atoms with Gasteiger partial charge < -0.3 is 4.74 Å². The van der Waals surface area contributed by atoms with Crippen molar-refractivity contribution in [3.8, 4) is 11.3 Å². The van der Waals surface area contributed by atoms with Crippen molar-refractivity contribution < 1.29 is 4.74 Å². The molecule has 5 heteroatoms. The third kappa shape index (κ3) is 5.00. The van der Waals surface area contributed by atoms with Crippen molar-refractivity contribution in [2.24, 2.45) is 5.10 Å². The third-order valence-electron chi connectivity index (χ3n) is 4.09. The molecule has 4 nitrogen and oxygen atoms in total. The fraction of sp³-hybridized carbons (Fsp3) is 0.238. The number of nitrogens with one attached hydrogen (secondary N) is 1. The summed E-state index contributed by atoms with van der Waals surface area (Å²) in [6.45, 7) is 4.80. The number of thiazole rings is 1. The fourth-order valence-electron chi connectivity index (χ4n) is 2.37. The molecule has 3 rings (SSSR count). The molecule has 0 aliphatic rings. The van der Waals surface area contributed by atoms with Gasteiger partial charge in [0, 0.05) is 16.5 Å². The highest BCUT2D eigenvalue weighted by Crippen LogP contribution is 2.24. The topological polar surface area (TPSA) is 46.5 Å². The maximum Gasteiger partial charge on any atom is 0.203 e. The summed E-state index contributed by atoms with van der Waals surface area (Å²) in [6.07, 6.45) is 3.08. The fourth-order valence-corrected chi connectivity index (χ4v) is 3.03. The molecule has 0 saturated heterocycles. The summed E-state index contributed by atoms with van der Waals surface area (Å²) < 4.78 is 5.84. The number of benzene rings is 2. The van der Waals surface area contributed by atoms with Crippen molar-refractivity contribution in [3.05, 3.63) is 71.1 Å². The Hall–Kier alpha value is -2.50. The van der Waals surface area contributed by atoms with E-state index in [4.69, 9.17) is 4.74 Å². The average molecular weight is 366 g/mol. The molecule has 1 heterocycles. The molecule has 1 atom stereocenters. The van der Waals surface area contributed by atoms with E-state index in [2.05, 4.69) is 47.6 Å². The molecule has 1 N–H and O–H groups in total. The lowest BCUT2D eigenvalue weighted by atomic mass is 10.1. The molecule has 26 heavy (non-hydrogen) atoms. The standard InChI is InChI=1S/C21H23N3OS/c1-3-16(2)25-14-19-12-8-7-11-18(19)13-22-24-21-23-20(15-26-21)17-9-5-4-6-10-17/h4-13,15-16H,3,14H2,1-2H3,(H,23,24). The zero-order valence-corrected chi connectivity index (χ0v) is 15.9. The Morgan fingerprint density at radius 2 is 1.92 bits per heavy atom. The first-order valence-electron chi connectivity index (χ1n) is 8.75. The van der Waals surface area contributed by atoms with Gasteiger partial charge in [-0.1, -0.05) is 61.5 Å². The van der Waals surface area contributed by atoms with Gasteiger partial charge in [-0.05, 0) is 18.9 Å². The van der Waals surface area contributed by atoms with Crippen LogP contribution in [0.3, 0.4) is 0 Å². The van der Waals surface area contributed by atoms with E-state index in [9.17, 15) is 0 Å². The van der Waals surface area contributed by atoms with Crippen LogP contribution in [0, 0.1) is 0 Å². The SMILES string of the molecule is CCC(C)OCc1ccccc1C=NNc1nc(-c2ccccc2)cs1. The molecule has 3 aromatic rings. The van der Waals surface area contributed by atoms with Crippen molar-refractivity contribution in [2.75, 3.05) is 5.43 Å². The van der Waals surface area contributed by atoms with Crippen molar-refractivity contribution in [3.63, 3.8) is 0 Å². The summed E-state index contributed by atoms with van der Waals surface area (Å²) in [6, 6.07) is 18.3. The molecule has 0 aliphatic carbocycles. The second-order valence-electron chi connectivity index (χ2n) is 6.00. The van der Waals surface area contributed by atoms with Gasteiger partial charge >= 0.3 is 0 Å². The molecule has 0 spiro atoms. The van der Waals surface area contributed by atoms with Crippen LogP contribution in [0.5, 0.6) is 0 Å². The van der Waals surface area contributed by atoms with E-state index in [1.54, 1.807) is 11.3 Å². The Balaban J connectivity index is 1.63. The highest BCUT2D eigenvalue weighted by molar-refractivity contribution is 7.14. The Morgan fingerprint density at radius 1 is 1.15 bits per heavy atom. The van der Waals surface area contributed by atoms with Gasteiger partial charge in [-0.25, -0.2) is 4.98 Å². The number of aromatic nitrogens is 1. The van der Waals surface area contributed by atoms with Gasteiger partial charge in [0.05, 0.1) is 24.6 Å². The van der Waals surface area contributed by atoms with E-state index in [1.807, 2.05) is 48.0 Å². The van der Waals surface area contributed by atoms with Gasteiger partial charge in [-0.15, -0.1) is 11.3 Å². The molecular formula is C21H23N3OS. The van der Waals surface area contributed by atoms with Crippen molar-refractivity contribution in [2.45, 2.75) is 33.0 Å². The predicted molar refractivity (Wildman–Crippen MR) is 110 cm³/mol. The van der Waals surface area contributed by atoms with E-state index >= 15 is 0 Å². The summed E-state index contributed by atoms with van der Waals surface area (Å²) in [5.74, 6) is 0. The van der Waals surface area contributed by atoms with E-state index in [0.717, 1.165) is 33.9 Å². The first kappa shape index (κ1) is 18.3. The van der Waals surface area contributed by atoms with Crippen LogP contribution in [0.4, 0.5) is 5.13 Å². The number of nitrogens with zero attached hydrogens (tertiary/aromatic N) is 2. The summed E-state index contributed by atoms with van der Waals surface area (Å²) in [5.41, 5.74) is 7.25. The van der Waals surface area contributed by atoms with Gasteiger partial charge in [0.1, 0.15) is 0 Å². The van der Waals surface area contributed by atoms with Gasteiger partial charge in [-0.3, -0.25) is 5.43 Å². The summed E-state index contributed by atoms with van der Waals surface area (Å²) in [7, 11) is 0. The maximum atomic E-state index is 5.84. The Morgan fingerprint density at radius 3 is 2.73 bits per heavy atom. The van der Waals surface area contributed by atoms with Crippen LogP contribution in [-0.4, -0.2) is 17.3 Å². The zero-order chi connectivity index (χ0) is 18.2. The maximum absolute atomic E-state index is 5.84. The van der Waals surface area contributed by atoms with Gasteiger partial charge in [0.2, 0.25) is 5.13 Å². The molecule has 1 aromatic heterocycles. The van der Waals surface area contributed by atoms with Crippen LogP contribution in [-0.2, 0) is 11.3 Å². The number of rotatable bonds is 8. The minimum atomic E-state index is 0.254. The normalized spacial score (nSPS) is 12.4. The second-order valence-corrected chi connectivity index (χ2v) is 6.86. The van der Waals surface area contributed by atoms with Gasteiger partial charge in [0.15, 0.2) is 0 Å². The van der Waals surface area contributed by atoms with Crippen LogP contribution in [0.15, 0.2) is 65.1 Å². The Bertz CT molecular complexity index is 845. The largest absolute Gasteiger partial charge is 0.374 e. The highest BCUT2D eigenvalue weighted by Gasteiger charge is 2.05. The summed E-state index contributed by atoms with van der Waals surface area (Å²) >= 11 is 1.54. The lowest BCUT2D eigenvalue weighted by molar-refractivity contribution is 0.0508. The van der Waals surface area contributed by atoms with E-state index in [1.165, 1.54) is 0 Å². The van der Waals surface area contributed by atoms with E-state index in [-0.39, 0.29) is 6.10 Å². The molecule has 0 saturated carbocycles. The second kappa shape index (κ2) is 9.27. The van der Waals surface area contributed by atoms with Crippen LogP contribution in [0.1, 0.15) is 31.4 Å². The van der Waals surface area contributed by atoms with E-state index < -0.39 is 0 Å². The smallest absolute Gasteiger partial charge is 0.203 e. The molecule has 0 radical (unpaired) electrons. The number of hydrazone groups is 1. The van der Waals surface area contributed by atoms with E-state index in [0.29, 0.717) is 6.61 Å². The zero-order valence-electron chi connectivity index (χ0n) is 15.1. The highest BCUT2D eigenvalue weighted by atomic mass is 32.1. The summed E-state index contributed by atoms with van der Waals surface area (Å²) in [4.78, 5) is 4.57. The first-order chi connectivity index (χ1) is 12.8. The minimum absolute atomic E-state index is 0.254. The monoisotopic (exact) mass is 365 g/mol. The van der Waals surface area contributed by atoms with Crippen LogP contribution < -0.4 is 5.43 Å². The molecule has 1 unspecified atom stereocenters. The number of hydrogen-bond donors (Lipinski definition) is 1. The third-order valence-corrected chi connectivity index (χ3v) is 4.84. The average Bonchev–Trinajstić information content (AvgIpc) is 3.16. The molecule has 0 aliphatic heterocycles. The molecule has 0 amide bonds. The predicted octanol–water partition coefficient (Wildman–Crippen LogP) is 5.57. The van der Waals surface area contributed by atoms with Crippen LogP contribution >= 0.6 is 11.3 Å². The Kier molecular flexibility index (Phi) is 6.52. The minimum Gasteiger partial charge on any atom is -0.374 e. The van der Waals surface area contributed by atoms with Crippen molar-refractivity contribution in [1.29, 1.82) is 0 Å². The molecule has 2 aromatic carbocycles. The number of anilines is 1. The lowest BCUT2D eigenvalue weighted by Gasteiger charge is -2.12. The first-order valence-corrected chi connectivity index (χ1v) is 9.63. The molecule has 0 fully saturated rings. The molecular weight excluding hydrogens is 342 g/mol. The van der Waals surface area contributed by atoms with Crippen LogP contribution in [0.2, 0.25) is 0 Å². The molecule has 0 bridgehead atoms. The van der Waals surface area contributed by atoms with Gasteiger partial charge in [-0.2, -0.15) is 5.10 Å².